The lowest BCUT2D eigenvalue weighted by Crippen LogP contribution is -2.24. The molecule has 4 nitrogen and oxygen atoms in total. The number of nitrogens with two attached hydrogens (primary N) is 1. The summed E-state index contributed by atoms with van der Waals surface area (Å²) in [6.45, 7) is 9.56. The van der Waals surface area contributed by atoms with E-state index in [2.05, 4.69) is 37.2 Å². The largest absolute Gasteiger partial charge is 0.330 e. The Kier molecular flexibility index (Phi) is 3.90. The molecule has 0 aromatic carbocycles. The molecule has 0 radical (unpaired) electrons. The highest BCUT2D eigenvalue weighted by Crippen LogP contribution is 2.25. The monoisotopic (exact) mass is 260 g/mol. The van der Waals surface area contributed by atoms with Gasteiger partial charge in [-0.05, 0) is 45.7 Å². The number of aromatic nitrogens is 3. The van der Waals surface area contributed by atoms with Gasteiger partial charge in [0.15, 0.2) is 0 Å². The van der Waals surface area contributed by atoms with E-state index in [9.17, 15) is 0 Å². The van der Waals surface area contributed by atoms with Crippen LogP contribution in [-0.4, -0.2) is 21.1 Å². The molecule has 0 bridgehead atoms. The van der Waals surface area contributed by atoms with Gasteiger partial charge in [0.1, 0.15) is 11.3 Å². The van der Waals surface area contributed by atoms with Gasteiger partial charge in [0.05, 0.1) is 11.7 Å². The molecular weight excluding hydrogens is 236 g/mol. The van der Waals surface area contributed by atoms with Crippen molar-refractivity contribution in [2.45, 2.75) is 46.1 Å². The van der Waals surface area contributed by atoms with Gasteiger partial charge in [-0.1, -0.05) is 6.92 Å². The van der Waals surface area contributed by atoms with Crippen LogP contribution in [0, 0.1) is 5.92 Å². The second-order valence-electron chi connectivity index (χ2n) is 6.28. The van der Waals surface area contributed by atoms with Crippen LogP contribution in [0.2, 0.25) is 0 Å². The van der Waals surface area contributed by atoms with Crippen molar-refractivity contribution in [3.05, 3.63) is 24.3 Å². The third-order valence-electron chi connectivity index (χ3n) is 3.46. The van der Waals surface area contributed by atoms with E-state index in [0.717, 1.165) is 36.2 Å². The van der Waals surface area contributed by atoms with E-state index >= 15 is 0 Å². The summed E-state index contributed by atoms with van der Waals surface area (Å²) < 4.78 is 2.33. The maximum atomic E-state index is 5.70. The van der Waals surface area contributed by atoms with E-state index in [1.54, 1.807) is 0 Å². The van der Waals surface area contributed by atoms with Crippen LogP contribution >= 0.6 is 0 Å². The zero-order chi connectivity index (χ0) is 14.0. The van der Waals surface area contributed by atoms with Crippen LogP contribution in [0.5, 0.6) is 0 Å². The van der Waals surface area contributed by atoms with Crippen LogP contribution in [0.15, 0.2) is 18.5 Å². The third-order valence-corrected chi connectivity index (χ3v) is 3.46. The lowest BCUT2D eigenvalue weighted by molar-refractivity contribution is 0.387. The Morgan fingerprint density at radius 2 is 2.11 bits per heavy atom. The fraction of sp³-hybridized carbons (Fsp3) is 0.600. The van der Waals surface area contributed by atoms with Crippen LogP contribution in [0.3, 0.4) is 0 Å². The first-order chi connectivity index (χ1) is 8.93. The molecule has 2 aromatic rings. The Bertz CT molecular complexity index is 551. The first-order valence-electron chi connectivity index (χ1n) is 6.95. The van der Waals surface area contributed by atoms with Crippen molar-refractivity contribution < 1.29 is 0 Å². The minimum absolute atomic E-state index is 0.0252. The Hall–Kier alpha value is -1.42. The minimum Gasteiger partial charge on any atom is -0.330 e. The van der Waals surface area contributed by atoms with Gasteiger partial charge in [0, 0.05) is 18.2 Å². The molecular formula is C15H24N4. The van der Waals surface area contributed by atoms with Crippen LogP contribution in [0.25, 0.3) is 11.0 Å². The van der Waals surface area contributed by atoms with Gasteiger partial charge in [-0.25, -0.2) is 4.98 Å². The van der Waals surface area contributed by atoms with Crippen molar-refractivity contribution in [3.63, 3.8) is 0 Å². The average Bonchev–Trinajstić information content (AvgIpc) is 2.73. The highest BCUT2D eigenvalue weighted by Gasteiger charge is 2.21. The van der Waals surface area contributed by atoms with E-state index in [1.807, 2.05) is 18.5 Å². The summed E-state index contributed by atoms with van der Waals surface area (Å²) in [4.78, 5) is 8.91. The number of hydrogen-bond acceptors (Lipinski definition) is 3. The van der Waals surface area contributed by atoms with Gasteiger partial charge in [-0.2, -0.15) is 0 Å². The van der Waals surface area contributed by atoms with Gasteiger partial charge in [0.25, 0.3) is 0 Å². The van der Waals surface area contributed by atoms with Crippen molar-refractivity contribution >= 4 is 11.0 Å². The number of hydrogen-bond donors (Lipinski definition) is 1. The Balaban J connectivity index is 2.42. The normalized spacial score (nSPS) is 13.9. The molecule has 0 amide bonds. The summed E-state index contributed by atoms with van der Waals surface area (Å²) in [7, 11) is 0. The topological polar surface area (TPSA) is 56.7 Å². The van der Waals surface area contributed by atoms with Crippen LogP contribution in [-0.2, 0) is 12.0 Å². The van der Waals surface area contributed by atoms with Crippen molar-refractivity contribution in [3.8, 4) is 0 Å². The number of pyridine rings is 1. The van der Waals surface area contributed by atoms with Gasteiger partial charge in [0.2, 0.25) is 0 Å². The maximum absolute atomic E-state index is 5.70. The standard InChI is InChI=1S/C15H24N4/c1-11(9-16)5-6-14-18-12-10-17-8-7-13(12)19(14)15(2,3)4/h7-8,10-11H,5-6,9,16H2,1-4H3. The summed E-state index contributed by atoms with van der Waals surface area (Å²) in [5, 5.41) is 0. The molecule has 2 aromatic heterocycles. The fourth-order valence-electron chi connectivity index (χ4n) is 2.39. The number of aryl methyl sites for hydroxylation is 1. The lowest BCUT2D eigenvalue weighted by atomic mass is 10.0. The van der Waals surface area contributed by atoms with Gasteiger partial charge >= 0.3 is 0 Å². The molecule has 0 saturated heterocycles. The molecule has 19 heavy (non-hydrogen) atoms. The van der Waals surface area contributed by atoms with E-state index in [4.69, 9.17) is 10.7 Å². The summed E-state index contributed by atoms with van der Waals surface area (Å²) in [5.41, 5.74) is 7.87. The number of rotatable bonds is 4. The highest BCUT2D eigenvalue weighted by molar-refractivity contribution is 5.75. The quantitative estimate of drug-likeness (QED) is 0.919. The molecule has 0 spiro atoms. The zero-order valence-corrected chi connectivity index (χ0v) is 12.3. The summed E-state index contributed by atoms with van der Waals surface area (Å²) in [6, 6.07) is 2.05. The van der Waals surface area contributed by atoms with Crippen molar-refractivity contribution in [1.82, 2.24) is 14.5 Å². The van der Waals surface area contributed by atoms with E-state index in [1.165, 1.54) is 0 Å². The predicted octanol–water partition coefficient (Wildman–Crippen LogP) is 2.71. The molecule has 0 fully saturated rings. The SMILES string of the molecule is CC(CN)CCc1nc2cnccc2n1C(C)(C)C. The average molecular weight is 260 g/mol. The molecule has 0 aliphatic carbocycles. The van der Waals surface area contributed by atoms with Crippen LogP contribution in [0.4, 0.5) is 0 Å². The van der Waals surface area contributed by atoms with E-state index < -0.39 is 0 Å². The molecule has 104 valence electrons. The Morgan fingerprint density at radius 1 is 1.37 bits per heavy atom. The lowest BCUT2D eigenvalue weighted by Gasteiger charge is -2.25. The number of imidazole rings is 1. The molecule has 0 aliphatic heterocycles. The summed E-state index contributed by atoms with van der Waals surface area (Å²) in [6.07, 6.45) is 5.71. The van der Waals surface area contributed by atoms with Crippen molar-refractivity contribution in [2.24, 2.45) is 11.7 Å². The molecule has 2 heterocycles. The maximum Gasteiger partial charge on any atom is 0.110 e. The molecule has 0 aliphatic rings. The smallest absolute Gasteiger partial charge is 0.110 e. The predicted molar refractivity (Wildman–Crippen MR) is 79.1 cm³/mol. The Labute approximate surface area is 115 Å². The molecule has 1 atom stereocenters. The van der Waals surface area contributed by atoms with Gasteiger partial charge in [-0.3, -0.25) is 4.98 Å². The van der Waals surface area contributed by atoms with Crippen molar-refractivity contribution in [1.29, 1.82) is 0 Å². The molecule has 0 saturated carbocycles. The second kappa shape index (κ2) is 5.29. The number of fused-ring (bicyclic) bond motifs is 1. The van der Waals surface area contributed by atoms with E-state index in [0.29, 0.717) is 5.92 Å². The summed E-state index contributed by atoms with van der Waals surface area (Å²) >= 11 is 0. The van der Waals surface area contributed by atoms with Crippen LogP contribution in [0.1, 0.15) is 39.9 Å². The van der Waals surface area contributed by atoms with Gasteiger partial charge < -0.3 is 10.3 Å². The Morgan fingerprint density at radius 3 is 2.74 bits per heavy atom. The minimum atomic E-state index is 0.0252. The first-order valence-corrected chi connectivity index (χ1v) is 6.95. The van der Waals surface area contributed by atoms with Crippen molar-refractivity contribution in [2.75, 3.05) is 6.54 Å². The fourth-order valence-corrected chi connectivity index (χ4v) is 2.39. The zero-order valence-electron chi connectivity index (χ0n) is 12.3. The second-order valence-corrected chi connectivity index (χ2v) is 6.28. The van der Waals surface area contributed by atoms with Gasteiger partial charge in [-0.15, -0.1) is 0 Å². The molecule has 4 heteroatoms. The van der Waals surface area contributed by atoms with Crippen LogP contribution < -0.4 is 5.73 Å². The summed E-state index contributed by atoms with van der Waals surface area (Å²) in [5.74, 6) is 1.67. The van der Waals surface area contributed by atoms with E-state index in [-0.39, 0.29) is 5.54 Å². The third kappa shape index (κ3) is 2.95. The number of nitrogens with zero attached hydrogens (tertiary/aromatic N) is 3. The molecule has 1 unspecified atom stereocenters. The first kappa shape index (κ1) is 14.0. The molecule has 2 N–H and O–H groups in total. The molecule has 2 rings (SSSR count). The highest BCUT2D eigenvalue weighted by atomic mass is 15.1.